The van der Waals surface area contributed by atoms with Crippen molar-refractivity contribution >= 4 is 7.68 Å². The van der Waals surface area contributed by atoms with Gasteiger partial charge in [0.1, 0.15) is 0 Å². The summed E-state index contributed by atoms with van der Waals surface area (Å²) in [5, 5.41) is 0. The van der Waals surface area contributed by atoms with Gasteiger partial charge in [-0.3, -0.25) is 0 Å². The van der Waals surface area contributed by atoms with E-state index >= 15 is 0 Å². The van der Waals surface area contributed by atoms with E-state index in [-0.39, 0.29) is 12.2 Å². The highest BCUT2D eigenvalue weighted by Crippen LogP contribution is 2.10. The summed E-state index contributed by atoms with van der Waals surface area (Å²) in [6, 6.07) is 0. The first-order chi connectivity index (χ1) is 3.18. The van der Waals surface area contributed by atoms with Gasteiger partial charge in [-0.15, -0.1) is 0 Å². The lowest BCUT2D eigenvalue weighted by atomic mass is 10.5. The van der Waals surface area contributed by atoms with Crippen molar-refractivity contribution in [1.29, 1.82) is 0 Å². The highest BCUT2D eigenvalue weighted by molar-refractivity contribution is 7.31. The van der Waals surface area contributed by atoms with Crippen molar-refractivity contribution < 1.29 is 9.13 Å². The van der Waals surface area contributed by atoms with Gasteiger partial charge < -0.3 is 5.73 Å². The normalized spacial score (nSPS) is 13.4. The molecule has 0 spiro atoms. The summed E-state index contributed by atoms with van der Waals surface area (Å²) >= 11 is 0. The number of hydrogen-bond acceptors (Lipinski definition) is 3. The Balaban J connectivity index is 3.57. The Kier molecular flexibility index (Phi) is 2.88. The third-order valence-corrected chi connectivity index (χ3v) is 1.63. The molecule has 0 aromatic heterocycles. The van der Waals surface area contributed by atoms with Crippen LogP contribution in [-0.4, -0.2) is 12.2 Å². The van der Waals surface area contributed by atoms with Crippen molar-refractivity contribution in [2.75, 3.05) is 6.54 Å². The van der Waals surface area contributed by atoms with Crippen molar-refractivity contribution in [2.45, 2.75) is 12.6 Å². The molecule has 1 unspecified atom stereocenters. The average molecular weight is 121 g/mol. The minimum Gasteiger partial charge on any atom is -0.329 e. The molecule has 0 aliphatic heterocycles. The van der Waals surface area contributed by atoms with E-state index in [4.69, 9.17) is 5.73 Å². The molecule has 0 heterocycles. The average Bonchev–Trinajstić information content (AvgIpc) is 1.65. The van der Waals surface area contributed by atoms with E-state index in [9.17, 15) is 9.13 Å². The first-order valence-electron chi connectivity index (χ1n) is 2.02. The van der Waals surface area contributed by atoms with Gasteiger partial charge in [-0.05, 0) is 6.92 Å². The molecule has 7 heavy (non-hydrogen) atoms. The predicted octanol–water partition coefficient (Wildman–Crippen LogP) is 0.507. The second kappa shape index (κ2) is 2.94. The summed E-state index contributed by atoms with van der Waals surface area (Å²) in [5.41, 5.74) is 4.62. The van der Waals surface area contributed by atoms with Crippen molar-refractivity contribution in [2.24, 2.45) is 5.73 Å². The molecular weight excluding hydrogens is 113 g/mol. The molecule has 2 N–H and O–H groups in total. The minimum atomic E-state index is -2.29. The van der Waals surface area contributed by atoms with Gasteiger partial charge in [0.05, 0.1) is 5.66 Å². The van der Waals surface area contributed by atoms with Crippen LogP contribution in [0.25, 0.3) is 0 Å². The third-order valence-electron chi connectivity index (χ3n) is 0.701. The lowest BCUT2D eigenvalue weighted by Gasteiger charge is -1.89. The van der Waals surface area contributed by atoms with Gasteiger partial charge in [-0.1, -0.05) is 0 Å². The zero-order valence-electron chi connectivity index (χ0n) is 4.13. The van der Waals surface area contributed by atoms with Gasteiger partial charge in [0, 0.05) is 6.54 Å². The Morgan fingerprint density at radius 3 is 2.14 bits per heavy atom. The van der Waals surface area contributed by atoms with E-state index in [0.717, 1.165) is 0 Å². The molecule has 0 saturated heterocycles. The summed E-state index contributed by atoms with van der Waals surface area (Å²) in [5.74, 6) is 0. The zero-order valence-corrected chi connectivity index (χ0v) is 5.02. The van der Waals surface area contributed by atoms with Crippen LogP contribution in [0.15, 0.2) is 0 Å². The summed E-state index contributed by atoms with van der Waals surface area (Å²) in [6.07, 6.45) is 0. The number of hydrogen-bond donors (Lipinski definition) is 1. The SMILES string of the molecule is CC(CN)P(=O)=O. The largest absolute Gasteiger partial charge is 0.329 e. The summed E-state index contributed by atoms with van der Waals surface area (Å²) in [6.45, 7) is 1.80. The molecular formula is C3H8NO2P. The maximum absolute atomic E-state index is 9.89. The molecule has 42 valence electrons. The molecule has 1 atom stereocenters. The minimum absolute atomic E-state index is 0.221. The fourth-order valence-corrected chi connectivity index (χ4v) is 0.258. The Morgan fingerprint density at radius 2 is 2.14 bits per heavy atom. The standard InChI is InChI=1S/C3H8NO2P/c1-3(2-4)7(5)6/h3H,2,4H2,1H3. The van der Waals surface area contributed by atoms with Crippen LogP contribution in [0.5, 0.6) is 0 Å². The Hall–Kier alpha value is -0.140. The molecule has 0 aliphatic carbocycles. The van der Waals surface area contributed by atoms with E-state index in [2.05, 4.69) is 0 Å². The van der Waals surface area contributed by atoms with Crippen LogP contribution >= 0.6 is 7.68 Å². The van der Waals surface area contributed by atoms with E-state index in [1.165, 1.54) is 0 Å². The van der Waals surface area contributed by atoms with Crippen LogP contribution in [-0.2, 0) is 9.13 Å². The molecule has 0 saturated carbocycles. The van der Waals surface area contributed by atoms with Crippen LogP contribution in [0.1, 0.15) is 6.92 Å². The molecule has 0 aromatic carbocycles. The fraction of sp³-hybridized carbons (Fsp3) is 1.00. The predicted molar refractivity (Wildman–Crippen MR) is 26.8 cm³/mol. The van der Waals surface area contributed by atoms with Crippen molar-refractivity contribution in [3.8, 4) is 0 Å². The number of nitrogens with two attached hydrogens (primary N) is 1. The van der Waals surface area contributed by atoms with Crippen LogP contribution in [0.2, 0.25) is 0 Å². The van der Waals surface area contributed by atoms with E-state index < -0.39 is 7.68 Å². The van der Waals surface area contributed by atoms with Crippen molar-refractivity contribution in [3.05, 3.63) is 0 Å². The van der Waals surface area contributed by atoms with Gasteiger partial charge in [0.15, 0.2) is 0 Å². The summed E-state index contributed by atoms with van der Waals surface area (Å²) < 4.78 is 19.8. The van der Waals surface area contributed by atoms with Gasteiger partial charge >= 0.3 is 7.68 Å². The monoisotopic (exact) mass is 121 g/mol. The maximum atomic E-state index is 9.89. The van der Waals surface area contributed by atoms with Crippen molar-refractivity contribution in [3.63, 3.8) is 0 Å². The van der Waals surface area contributed by atoms with E-state index in [1.807, 2.05) is 0 Å². The topological polar surface area (TPSA) is 60.2 Å². The molecule has 0 rings (SSSR count). The lowest BCUT2D eigenvalue weighted by Crippen LogP contribution is -2.10. The molecule has 0 aromatic rings. The smallest absolute Gasteiger partial charge is 0.319 e. The molecule has 0 fully saturated rings. The van der Waals surface area contributed by atoms with Gasteiger partial charge in [0.25, 0.3) is 0 Å². The van der Waals surface area contributed by atoms with Crippen LogP contribution in [0, 0.1) is 0 Å². The molecule has 0 aliphatic rings. The summed E-state index contributed by atoms with van der Waals surface area (Å²) in [4.78, 5) is 0. The fourth-order valence-electron chi connectivity index (χ4n) is 0.0861. The lowest BCUT2D eigenvalue weighted by molar-refractivity contribution is 0.507. The number of rotatable bonds is 2. The van der Waals surface area contributed by atoms with E-state index in [0.29, 0.717) is 0 Å². The zero-order chi connectivity index (χ0) is 5.86. The quantitative estimate of drug-likeness (QED) is 0.541. The van der Waals surface area contributed by atoms with Crippen molar-refractivity contribution in [1.82, 2.24) is 0 Å². The Morgan fingerprint density at radius 1 is 1.71 bits per heavy atom. The van der Waals surface area contributed by atoms with Gasteiger partial charge in [0.2, 0.25) is 0 Å². The first kappa shape index (κ1) is 6.86. The first-order valence-corrected chi connectivity index (χ1v) is 3.26. The molecule has 0 bridgehead atoms. The molecule has 3 nitrogen and oxygen atoms in total. The molecule has 4 heteroatoms. The Labute approximate surface area is 42.7 Å². The van der Waals surface area contributed by atoms with Crippen LogP contribution < -0.4 is 5.73 Å². The van der Waals surface area contributed by atoms with Crippen LogP contribution in [0.4, 0.5) is 0 Å². The highest BCUT2D eigenvalue weighted by Gasteiger charge is 2.01. The van der Waals surface area contributed by atoms with Crippen LogP contribution in [0.3, 0.4) is 0 Å². The second-order valence-electron chi connectivity index (χ2n) is 1.37. The Bertz CT molecular complexity index is 102. The van der Waals surface area contributed by atoms with Gasteiger partial charge in [-0.2, -0.15) is 0 Å². The maximum Gasteiger partial charge on any atom is 0.319 e. The van der Waals surface area contributed by atoms with E-state index in [1.54, 1.807) is 6.92 Å². The molecule has 0 radical (unpaired) electrons. The summed E-state index contributed by atoms with van der Waals surface area (Å²) in [7, 11) is -2.29. The van der Waals surface area contributed by atoms with Gasteiger partial charge in [-0.25, -0.2) is 9.13 Å². The third kappa shape index (κ3) is 2.54. The second-order valence-corrected chi connectivity index (χ2v) is 2.82. The highest BCUT2D eigenvalue weighted by atomic mass is 31.1. The molecule has 0 amide bonds.